The number of carbonyl (C=O) groups excluding carboxylic acids is 1. The first-order valence-electron chi connectivity index (χ1n) is 7.86. The van der Waals surface area contributed by atoms with Gasteiger partial charge in [0, 0.05) is 26.5 Å². The molecule has 30 heavy (non-hydrogen) atoms. The molecule has 0 aromatic heterocycles. The summed E-state index contributed by atoms with van der Waals surface area (Å²) >= 11 is 9.74. The van der Waals surface area contributed by atoms with Crippen LogP contribution in [0.15, 0.2) is 65.1 Å². The molecule has 4 rings (SSSR count). The Morgan fingerprint density at radius 2 is 1.60 bits per heavy atom. The van der Waals surface area contributed by atoms with Gasteiger partial charge in [-0.3, -0.25) is 4.79 Å². The zero-order chi connectivity index (χ0) is 20.2. The molecular weight excluding hydrogens is 606 g/mol. The Labute approximate surface area is 240 Å². The van der Waals surface area contributed by atoms with E-state index in [1.807, 2.05) is 0 Å². The zero-order valence-electron chi connectivity index (χ0n) is 15.7. The molecule has 5 nitrogen and oxygen atoms in total. The van der Waals surface area contributed by atoms with Crippen LogP contribution in [0.1, 0.15) is 10.4 Å². The minimum absolute atomic E-state index is 0. The first-order chi connectivity index (χ1) is 13.3. The normalized spacial score (nSPS) is 10.5. The third kappa shape index (κ3) is 4.36. The molecule has 0 saturated carbocycles. The molecule has 1 heterocycles. The van der Waals surface area contributed by atoms with Crippen LogP contribution in [0.25, 0.3) is 33.4 Å². The Morgan fingerprint density at radius 3 is 2.27 bits per heavy atom. The molecule has 0 fully saturated rings. The third-order valence-electron chi connectivity index (χ3n) is 4.35. The van der Waals surface area contributed by atoms with E-state index in [-0.39, 0.29) is 101 Å². The van der Waals surface area contributed by atoms with Crippen LogP contribution < -0.4 is 74.8 Å². The summed E-state index contributed by atoms with van der Waals surface area (Å²) in [7, 11) is 0. The van der Waals surface area contributed by atoms with Gasteiger partial charge in [-0.1, -0.05) is 45.9 Å². The van der Waals surface area contributed by atoms with E-state index in [4.69, 9.17) is 4.42 Å². The summed E-state index contributed by atoms with van der Waals surface area (Å²) in [5.41, 5.74) is 1.30. The third-order valence-corrected chi connectivity index (χ3v) is 6.41. The van der Waals surface area contributed by atoms with Gasteiger partial charge in [-0.15, -0.1) is 0 Å². The van der Waals surface area contributed by atoms with Gasteiger partial charge in [-0.2, -0.15) is 0 Å². The van der Waals surface area contributed by atoms with Crippen LogP contribution in [0, 0.1) is 0 Å². The molecule has 0 amide bonds. The number of hydrogen-bond acceptors (Lipinski definition) is 5. The summed E-state index contributed by atoms with van der Waals surface area (Å²) in [6.07, 6.45) is 0. The topological polar surface area (TPSA) is 93.4 Å². The van der Waals surface area contributed by atoms with E-state index in [2.05, 4.69) is 47.8 Å². The van der Waals surface area contributed by atoms with Gasteiger partial charge in [0.1, 0.15) is 10.1 Å². The molecule has 0 unspecified atom stereocenters. The number of hydrogen-bond donors (Lipinski definition) is 0. The van der Waals surface area contributed by atoms with Crippen LogP contribution in [0.4, 0.5) is 0 Å². The predicted octanol–water partition coefficient (Wildman–Crippen LogP) is -1.70. The molecule has 2 aromatic rings. The molecule has 0 spiro atoms. The van der Waals surface area contributed by atoms with Crippen molar-refractivity contribution in [2.75, 3.05) is 0 Å². The summed E-state index contributed by atoms with van der Waals surface area (Å²) in [6, 6.07) is 10.9. The van der Waals surface area contributed by atoms with Gasteiger partial charge in [0.15, 0.2) is 11.2 Å². The van der Waals surface area contributed by atoms with Crippen LogP contribution in [-0.4, -0.2) is 5.97 Å². The molecule has 1 aliphatic heterocycles. The van der Waals surface area contributed by atoms with Crippen molar-refractivity contribution in [1.29, 1.82) is 0 Å². The van der Waals surface area contributed by atoms with Gasteiger partial charge < -0.3 is 19.4 Å². The molecule has 2 aromatic carbocycles. The molecule has 1 aliphatic carbocycles. The molecule has 2 aliphatic rings. The van der Waals surface area contributed by atoms with Gasteiger partial charge in [0.2, 0.25) is 0 Å². The summed E-state index contributed by atoms with van der Waals surface area (Å²) < 4.78 is 6.54. The summed E-state index contributed by atoms with van der Waals surface area (Å²) in [6.45, 7) is 0. The van der Waals surface area contributed by atoms with E-state index in [1.54, 1.807) is 30.3 Å². The average molecular weight is 613 g/mol. The molecule has 0 bridgehead atoms. The summed E-state index contributed by atoms with van der Waals surface area (Å²) in [5, 5.41) is 24.6. The summed E-state index contributed by atoms with van der Waals surface area (Å²) in [4.78, 5) is 23.8. The van der Waals surface area contributed by atoms with Crippen molar-refractivity contribution in [2.24, 2.45) is 0 Å². The fraction of sp³-hybridized carbons (Fsp3) is 0. The number of fused-ring (bicyclic) bond motifs is 2. The molecule has 10 heteroatoms. The largest absolute Gasteiger partial charge is 1.00 e. The number of carbonyl (C=O) groups is 1. The Hall–Kier alpha value is -0.160. The quantitative estimate of drug-likeness (QED) is 0.199. The number of halogens is 3. The maximum Gasteiger partial charge on any atom is 1.00 e. The number of aromatic carboxylic acids is 1. The van der Waals surface area contributed by atoms with Crippen molar-refractivity contribution in [3.63, 3.8) is 0 Å². The SMILES string of the molecule is O=C([O-])c1ccccc1-c1c2ccc(=O)c(Br)c-2oc2c(Br)c([O-])c(Br)cc12.[Na+].[Na+]. The number of carboxylic acids is 1. The second-order valence-electron chi connectivity index (χ2n) is 5.94. The van der Waals surface area contributed by atoms with Crippen LogP contribution in [-0.2, 0) is 0 Å². The average Bonchev–Trinajstić information content (AvgIpc) is 2.68. The first kappa shape index (κ1) is 26.1. The van der Waals surface area contributed by atoms with Crippen molar-refractivity contribution in [1.82, 2.24) is 0 Å². The minimum atomic E-state index is -1.34. The van der Waals surface area contributed by atoms with E-state index in [0.29, 0.717) is 22.1 Å². The smallest absolute Gasteiger partial charge is 0.871 e. The van der Waals surface area contributed by atoms with Crippen LogP contribution >= 0.6 is 47.8 Å². The second-order valence-corrected chi connectivity index (χ2v) is 8.38. The van der Waals surface area contributed by atoms with Crippen molar-refractivity contribution >= 4 is 64.7 Å². The van der Waals surface area contributed by atoms with Crippen LogP contribution in [0.3, 0.4) is 0 Å². The Morgan fingerprint density at radius 1 is 0.933 bits per heavy atom. The van der Waals surface area contributed by atoms with Gasteiger partial charge >= 0.3 is 59.1 Å². The van der Waals surface area contributed by atoms with Crippen molar-refractivity contribution in [2.45, 2.75) is 0 Å². The summed E-state index contributed by atoms with van der Waals surface area (Å²) in [5.74, 6) is -1.45. The van der Waals surface area contributed by atoms with E-state index < -0.39 is 5.97 Å². The van der Waals surface area contributed by atoms with E-state index in [9.17, 15) is 19.8 Å². The second kappa shape index (κ2) is 10.2. The van der Waals surface area contributed by atoms with Crippen molar-refractivity contribution in [3.8, 4) is 28.2 Å². The monoisotopic (exact) mass is 610 g/mol. The van der Waals surface area contributed by atoms with E-state index in [0.717, 1.165) is 0 Å². The number of rotatable bonds is 2. The molecule has 0 atom stereocenters. The van der Waals surface area contributed by atoms with Gasteiger partial charge in [-0.05, 0) is 55.6 Å². The fourth-order valence-corrected chi connectivity index (χ4v) is 4.75. The maximum absolute atomic E-state index is 12.4. The molecule has 0 radical (unpaired) electrons. The van der Waals surface area contributed by atoms with E-state index in [1.165, 1.54) is 12.1 Å². The number of carboxylic acid groups (broad SMARTS) is 1. The number of benzene rings is 3. The van der Waals surface area contributed by atoms with Crippen molar-refractivity contribution < 1.29 is 78.5 Å². The molecule has 0 N–H and O–H groups in total. The van der Waals surface area contributed by atoms with Crippen LogP contribution in [0.2, 0.25) is 0 Å². The Balaban J connectivity index is 0.00000160. The zero-order valence-corrected chi connectivity index (χ0v) is 24.5. The Bertz CT molecular complexity index is 1320. The standard InChI is InChI=1S/C20H9Br3O5.2Na/c21-12-7-11-14(8-3-1-2-4-9(8)20(26)27)10-5-6-13(24)15(22)18(10)28-19(11)16(23)17(12)25;;/h1-7,25H,(H,26,27);;/q;2*+1/p-2. The molecular formula is C20H7Br3Na2O5. The van der Waals surface area contributed by atoms with Gasteiger partial charge in [-0.25, -0.2) is 0 Å². The Kier molecular flexibility index (Phi) is 8.86. The van der Waals surface area contributed by atoms with Crippen LogP contribution in [0.5, 0.6) is 5.75 Å². The van der Waals surface area contributed by atoms with Gasteiger partial charge in [0.05, 0.1) is 10.4 Å². The molecule has 0 saturated heterocycles. The fourth-order valence-electron chi connectivity index (χ4n) is 3.12. The molecule has 140 valence electrons. The van der Waals surface area contributed by atoms with Crippen molar-refractivity contribution in [3.05, 3.63) is 71.7 Å². The van der Waals surface area contributed by atoms with Gasteiger partial charge in [0.25, 0.3) is 0 Å². The minimum Gasteiger partial charge on any atom is -0.871 e. The van der Waals surface area contributed by atoms with E-state index >= 15 is 0 Å². The first-order valence-corrected chi connectivity index (χ1v) is 10.2. The maximum atomic E-state index is 12.4. The predicted molar refractivity (Wildman–Crippen MR) is 111 cm³/mol.